The van der Waals surface area contributed by atoms with E-state index in [-0.39, 0.29) is 17.9 Å². The summed E-state index contributed by atoms with van der Waals surface area (Å²) in [6.07, 6.45) is 0.146. The number of rotatable bonds is 6. The number of aromatic nitrogens is 2. The summed E-state index contributed by atoms with van der Waals surface area (Å²) < 4.78 is 5.84. The quantitative estimate of drug-likeness (QED) is 0.743. The van der Waals surface area contributed by atoms with Gasteiger partial charge in [0.15, 0.2) is 0 Å². The molecule has 2 heterocycles. The van der Waals surface area contributed by atoms with Crippen LogP contribution in [0.25, 0.3) is 0 Å². The number of benzene rings is 1. The second kappa shape index (κ2) is 7.67. The van der Waals surface area contributed by atoms with E-state index in [0.29, 0.717) is 12.6 Å². The van der Waals surface area contributed by atoms with Gasteiger partial charge in [-0.05, 0) is 33.0 Å². The summed E-state index contributed by atoms with van der Waals surface area (Å²) in [5.74, 6) is 1.46. The minimum atomic E-state index is 0.146. The van der Waals surface area contributed by atoms with E-state index in [0.717, 1.165) is 30.3 Å². The first kappa shape index (κ1) is 17.4. The maximum absolute atomic E-state index is 9.58. The lowest BCUT2D eigenvalue weighted by atomic mass is 10.2. The highest BCUT2D eigenvalue weighted by Gasteiger charge is 2.31. The summed E-state index contributed by atoms with van der Waals surface area (Å²) in [5, 5.41) is 16.2. The van der Waals surface area contributed by atoms with Crippen LogP contribution in [0.3, 0.4) is 0 Å². The van der Waals surface area contributed by atoms with Gasteiger partial charge in [0, 0.05) is 43.2 Å². The molecule has 1 aromatic heterocycles. The summed E-state index contributed by atoms with van der Waals surface area (Å²) in [7, 11) is 2.09. The van der Waals surface area contributed by atoms with E-state index >= 15 is 0 Å². The molecular weight excluding hydrogens is 318 g/mol. The van der Waals surface area contributed by atoms with E-state index in [2.05, 4.69) is 32.5 Å². The Hall–Kier alpha value is -2.38. The Morgan fingerprint density at radius 2 is 2.12 bits per heavy atom. The highest BCUT2D eigenvalue weighted by molar-refractivity contribution is 5.57. The van der Waals surface area contributed by atoms with Crippen LogP contribution in [0.15, 0.2) is 30.3 Å². The van der Waals surface area contributed by atoms with Gasteiger partial charge >= 0.3 is 0 Å². The fourth-order valence-electron chi connectivity index (χ4n) is 3.08. The molecule has 1 saturated heterocycles. The average molecular weight is 343 g/mol. The first-order chi connectivity index (χ1) is 12.0. The van der Waals surface area contributed by atoms with Crippen molar-refractivity contribution >= 4 is 17.5 Å². The molecule has 0 bridgehead atoms. The molecule has 0 saturated carbocycles. The number of ether oxygens (including phenoxy) is 1. The molecule has 1 fully saturated rings. The van der Waals surface area contributed by atoms with Crippen molar-refractivity contribution in [3.63, 3.8) is 0 Å². The molecule has 7 nitrogen and oxygen atoms in total. The Bertz CT molecular complexity index is 724. The highest BCUT2D eigenvalue weighted by atomic mass is 16.5. The van der Waals surface area contributed by atoms with Gasteiger partial charge in [0.2, 0.25) is 5.95 Å². The monoisotopic (exact) mass is 343 g/mol. The molecule has 3 rings (SSSR count). The maximum atomic E-state index is 9.58. The van der Waals surface area contributed by atoms with Crippen LogP contribution in [-0.2, 0) is 4.74 Å². The Balaban J connectivity index is 1.75. The van der Waals surface area contributed by atoms with Crippen molar-refractivity contribution in [3.05, 3.63) is 36.0 Å². The van der Waals surface area contributed by atoms with E-state index < -0.39 is 0 Å². The normalized spacial score (nSPS) is 20.6. The second-order valence-corrected chi connectivity index (χ2v) is 6.36. The lowest BCUT2D eigenvalue weighted by molar-refractivity contribution is 0.0652. The summed E-state index contributed by atoms with van der Waals surface area (Å²) in [5.41, 5.74) is 1.60. The van der Waals surface area contributed by atoms with Crippen molar-refractivity contribution in [2.75, 3.05) is 37.4 Å². The number of anilines is 3. The van der Waals surface area contributed by atoms with Crippen LogP contribution in [0.1, 0.15) is 12.6 Å². The SMILES string of the molecule is CCO[C@H]1CN(C)C[C@@H]1Nc1cc(C)nc(Nc2cccc(O)c2)n1. The van der Waals surface area contributed by atoms with Crippen LogP contribution >= 0.6 is 0 Å². The number of aryl methyl sites for hydroxylation is 1. The number of likely N-dealkylation sites (tertiary alicyclic amines) is 1. The number of hydrogen-bond acceptors (Lipinski definition) is 7. The smallest absolute Gasteiger partial charge is 0.229 e. The van der Waals surface area contributed by atoms with Crippen molar-refractivity contribution < 1.29 is 9.84 Å². The minimum absolute atomic E-state index is 0.146. The van der Waals surface area contributed by atoms with Crippen LogP contribution in [0.4, 0.5) is 17.5 Å². The minimum Gasteiger partial charge on any atom is -0.508 e. The molecule has 2 atom stereocenters. The molecule has 7 heteroatoms. The Morgan fingerprint density at radius 1 is 1.28 bits per heavy atom. The molecule has 2 aromatic rings. The zero-order chi connectivity index (χ0) is 17.8. The second-order valence-electron chi connectivity index (χ2n) is 6.36. The van der Waals surface area contributed by atoms with Gasteiger partial charge in [-0.25, -0.2) is 4.98 Å². The van der Waals surface area contributed by atoms with Crippen LogP contribution in [-0.4, -0.2) is 58.9 Å². The Kier molecular flexibility index (Phi) is 5.35. The summed E-state index contributed by atoms with van der Waals surface area (Å²) in [6, 6.07) is 9.00. The molecular formula is C18H25N5O2. The fraction of sp³-hybridized carbons (Fsp3) is 0.444. The van der Waals surface area contributed by atoms with E-state index in [1.807, 2.05) is 26.0 Å². The van der Waals surface area contributed by atoms with Gasteiger partial charge in [-0.3, -0.25) is 0 Å². The number of hydrogen-bond donors (Lipinski definition) is 3. The Morgan fingerprint density at radius 3 is 2.88 bits per heavy atom. The third kappa shape index (κ3) is 4.58. The van der Waals surface area contributed by atoms with Gasteiger partial charge in [-0.1, -0.05) is 6.07 Å². The van der Waals surface area contributed by atoms with Crippen LogP contribution in [0.2, 0.25) is 0 Å². The van der Waals surface area contributed by atoms with Gasteiger partial charge in [0.05, 0.1) is 12.1 Å². The number of nitrogens with zero attached hydrogens (tertiary/aromatic N) is 3. The predicted octanol–water partition coefficient (Wildman–Crippen LogP) is 2.37. The molecule has 1 aliphatic heterocycles. The number of phenols is 1. The molecule has 1 aromatic carbocycles. The topological polar surface area (TPSA) is 82.5 Å². The first-order valence-corrected chi connectivity index (χ1v) is 8.52. The number of phenolic OH excluding ortho intramolecular Hbond substituents is 1. The standard InChI is InChI=1S/C18H25N5O2/c1-4-25-16-11-23(3)10-15(16)21-17-8-12(2)19-18(22-17)20-13-6-5-7-14(24)9-13/h5-9,15-16,24H,4,10-11H2,1-3H3,(H2,19,20,21,22)/t15-,16-/m0/s1. The van der Waals surface area contributed by atoms with Gasteiger partial charge in [-0.15, -0.1) is 0 Å². The number of aromatic hydroxyl groups is 1. The molecule has 0 amide bonds. The van der Waals surface area contributed by atoms with Crippen molar-refractivity contribution in [1.82, 2.24) is 14.9 Å². The van der Waals surface area contributed by atoms with Gasteiger partial charge < -0.3 is 25.4 Å². The van der Waals surface area contributed by atoms with E-state index in [1.54, 1.807) is 18.2 Å². The molecule has 1 aliphatic rings. The third-order valence-electron chi connectivity index (χ3n) is 4.12. The van der Waals surface area contributed by atoms with Crippen molar-refractivity contribution in [3.8, 4) is 5.75 Å². The fourth-order valence-corrected chi connectivity index (χ4v) is 3.08. The van der Waals surface area contributed by atoms with Crippen molar-refractivity contribution in [2.45, 2.75) is 26.0 Å². The highest BCUT2D eigenvalue weighted by Crippen LogP contribution is 2.21. The largest absolute Gasteiger partial charge is 0.508 e. The zero-order valence-electron chi connectivity index (χ0n) is 14.9. The zero-order valence-corrected chi connectivity index (χ0v) is 14.9. The molecule has 134 valence electrons. The van der Waals surface area contributed by atoms with Gasteiger partial charge in [-0.2, -0.15) is 4.98 Å². The van der Waals surface area contributed by atoms with Gasteiger partial charge in [0.25, 0.3) is 0 Å². The van der Waals surface area contributed by atoms with Crippen LogP contribution in [0.5, 0.6) is 5.75 Å². The summed E-state index contributed by atoms with van der Waals surface area (Å²) >= 11 is 0. The molecule has 25 heavy (non-hydrogen) atoms. The average Bonchev–Trinajstić information content (AvgIpc) is 2.86. The summed E-state index contributed by atoms with van der Waals surface area (Å²) in [4.78, 5) is 11.2. The van der Waals surface area contributed by atoms with E-state index in [9.17, 15) is 5.11 Å². The maximum Gasteiger partial charge on any atom is 0.229 e. The Labute approximate surface area is 148 Å². The van der Waals surface area contributed by atoms with E-state index in [1.165, 1.54) is 0 Å². The van der Waals surface area contributed by atoms with Gasteiger partial charge in [0.1, 0.15) is 11.6 Å². The predicted molar refractivity (Wildman–Crippen MR) is 98.5 cm³/mol. The van der Waals surface area contributed by atoms with Crippen molar-refractivity contribution in [1.29, 1.82) is 0 Å². The lowest BCUT2D eigenvalue weighted by Crippen LogP contribution is -2.34. The lowest BCUT2D eigenvalue weighted by Gasteiger charge is -2.20. The van der Waals surface area contributed by atoms with Crippen LogP contribution < -0.4 is 10.6 Å². The molecule has 0 unspecified atom stereocenters. The molecule has 0 aliphatic carbocycles. The molecule has 3 N–H and O–H groups in total. The van der Waals surface area contributed by atoms with E-state index in [4.69, 9.17) is 4.74 Å². The third-order valence-corrected chi connectivity index (χ3v) is 4.12. The molecule has 0 radical (unpaired) electrons. The first-order valence-electron chi connectivity index (χ1n) is 8.52. The van der Waals surface area contributed by atoms with Crippen LogP contribution in [0, 0.1) is 6.92 Å². The molecule has 0 spiro atoms. The number of likely N-dealkylation sites (N-methyl/N-ethyl adjacent to an activating group) is 1. The summed E-state index contributed by atoms with van der Waals surface area (Å²) in [6.45, 7) is 6.46. The van der Waals surface area contributed by atoms with Crippen molar-refractivity contribution in [2.24, 2.45) is 0 Å². The number of nitrogens with one attached hydrogen (secondary N) is 2.